The fourth-order valence-electron chi connectivity index (χ4n) is 2.82. The van der Waals surface area contributed by atoms with Crippen molar-refractivity contribution >= 4 is 0 Å². The van der Waals surface area contributed by atoms with Crippen molar-refractivity contribution in [3.8, 4) is 5.75 Å². The van der Waals surface area contributed by atoms with Crippen LogP contribution in [0.1, 0.15) is 69.8 Å². The summed E-state index contributed by atoms with van der Waals surface area (Å²) in [5.41, 5.74) is 6.78. The summed E-state index contributed by atoms with van der Waals surface area (Å²) in [5, 5.41) is 3.52. The molecule has 0 spiro atoms. The second-order valence-corrected chi connectivity index (χ2v) is 6.35. The van der Waals surface area contributed by atoms with Gasteiger partial charge in [-0.3, -0.25) is 0 Å². The van der Waals surface area contributed by atoms with Gasteiger partial charge in [0.1, 0.15) is 5.75 Å². The Morgan fingerprint density at radius 2 is 1.48 bits per heavy atom. The average molecular weight is 321 g/mol. The molecule has 0 fully saturated rings. The number of nitrogens with two attached hydrogens (primary N) is 1. The highest BCUT2D eigenvalue weighted by atomic mass is 16.5. The third-order valence-corrected chi connectivity index (χ3v) is 4.27. The van der Waals surface area contributed by atoms with E-state index in [2.05, 4.69) is 17.4 Å². The van der Waals surface area contributed by atoms with Crippen LogP contribution in [0, 0.1) is 0 Å². The molecule has 3 heteroatoms. The van der Waals surface area contributed by atoms with Crippen LogP contribution in [0.15, 0.2) is 24.3 Å². The second kappa shape index (κ2) is 14.5. The van der Waals surface area contributed by atoms with Gasteiger partial charge in [0.15, 0.2) is 0 Å². The number of hydrogen-bond donors (Lipinski definition) is 2. The third kappa shape index (κ3) is 11.2. The van der Waals surface area contributed by atoms with Crippen molar-refractivity contribution < 1.29 is 4.74 Å². The van der Waals surface area contributed by atoms with Crippen LogP contribution in [0.2, 0.25) is 0 Å². The summed E-state index contributed by atoms with van der Waals surface area (Å²) in [4.78, 5) is 0. The Bertz CT molecular complexity index is 382. The lowest BCUT2D eigenvalue weighted by atomic mass is 10.1. The molecule has 0 bridgehead atoms. The molecule has 0 aliphatic carbocycles. The molecule has 23 heavy (non-hydrogen) atoms. The van der Waals surface area contributed by atoms with Crippen LogP contribution in [0.4, 0.5) is 0 Å². The summed E-state index contributed by atoms with van der Waals surface area (Å²) in [5.74, 6) is 0.937. The van der Waals surface area contributed by atoms with E-state index in [1.807, 2.05) is 12.1 Å². The molecule has 3 nitrogen and oxygen atoms in total. The first-order valence-corrected chi connectivity index (χ1v) is 9.40. The van der Waals surface area contributed by atoms with Gasteiger partial charge >= 0.3 is 0 Å². The predicted octanol–water partition coefficient (Wildman–Crippen LogP) is 4.64. The van der Waals surface area contributed by atoms with Crippen LogP contribution in [-0.4, -0.2) is 20.2 Å². The lowest BCUT2D eigenvalue weighted by molar-refractivity contribution is 0.414. The van der Waals surface area contributed by atoms with E-state index < -0.39 is 0 Å². The maximum Gasteiger partial charge on any atom is 0.119 e. The first-order chi connectivity index (χ1) is 11.4. The molecule has 132 valence electrons. The van der Waals surface area contributed by atoms with Crippen LogP contribution in [-0.2, 0) is 6.54 Å². The summed E-state index contributed by atoms with van der Waals surface area (Å²) in [6.45, 7) is 2.89. The predicted molar refractivity (Wildman–Crippen MR) is 99.9 cm³/mol. The summed E-state index contributed by atoms with van der Waals surface area (Å²) in [6, 6.07) is 8.27. The van der Waals surface area contributed by atoms with Crippen molar-refractivity contribution in [2.45, 2.75) is 70.8 Å². The molecule has 0 saturated heterocycles. The van der Waals surface area contributed by atoms with Crippen LogP contribution in [0.3, 0.4) is 0 Å². The molecule has 1 aromatic rings. The lowest BCUT2D eigenvalue weighted by Gasteiger charge is -2.07. The minimum Gasteiger partial charge on any atom is -0.497 e. The zero-order valence-corrected chi connectivity index (χ0v) is 15.0. The number of methoxy groups -OCH3 is 1. The number of rotatable bonds is 15. The number of ether oxygens (including phenoxy) is 1. The molecule has 1 aromatic carbocycles. The molecule has 3 N–H and O–H groups in total. The van der Waals surface area contributed by atoms with Crippen molar-refractivity contribution in [1.82, 2.24) is 5.32 Å². The Morgan fingerprint density at radius 3 is 2.09 bits per heavy atom. The largest absolute Gasteiger partial charge is 0.497 e. The molecule has 0 heterocycles. The van der Waals surface area contributed by atoms with Gasteiger partial charge in [0.05, 0.1) is 7.11 Å². The zero-order chi connectivity index (χ0) is 16.6. The standard InChI is InChI=1S/C20H36N2O/c1-23-20-14-12-13-19(17-20)18-22-16-11-9-7-5-3-2-4-6-8-10-15-21/h12-14,17,22H,2-11,15-16,18,21H2,1H3. The van der Waals surface area contributed by atoms with Crippen LogP contribution in [0.5, 0.6) is 5.75 Å². The average Bonchev–Trinajstić information content (AvgIpc) is 2.59. The fourth-order valence-corrected chi connectivity index (χ4v) is 2.82. The van der Waals surface area contributed by atoms with E-state index in [0.717, 1.165) is 25.4 Å². The first kappa shape index (κ1) is 20.0. The highest BCUT2D eigenvalue weighted by Crippen LogP contribution is 2.12. The monoisotopic (exact) mass is 320 g/mol. The van der Waals surface area contributed by atoms with Gasteiger partial charge in [0.25, 0.3) is 0 Å². The summed E-state index contributed by atoms with van der Waals surface area (Å²) in [6.07, 6.45) is 13.5. The van der Waals surface area contributed by atoms with E-state index in [0.29, 0.717) is 0 Å². The highest BCUT2D eigenvalue weighted by molar-refractivity contribution is 5.28. The van der Waals surface area contributed by atoms with Crippen LogP contribution >= 0.6 is 0 Å². The lowest BCUT2D eigenvalue weighted by Crippen LogP contribution is -2.14. The zero-order valence-electron chi connectivity index (χ0n) is 15.0. The highest BCUT2D eigenvalue weighted by Gasteiger charge is 1.96. The van der Waals surface area contributed by atoms with Gasteiger partial charge in [-0.25, -0.2) is 0 Å². The summed E-state index contributed by atoms with van der Waals surface area (Å²) < 4.78 is 5.24. The van der Waals surface area contributed by atoms with E-state index in [9.17, 15) is 0 Å². The summed E-state index contributed by atoms with van der Waals surface area (Å²) >= 11 is 0. The molecule has 0 unspecified atom stereocenters. The van der Waals surface area contributed by atoms with E-state index >= 15 is 0 Å². The molecular weight excluding hydrogens is 284 g/mol. The number of nitrogens with one attached hydrogen (secondary N) is 1. The maximum absolute atomic E-state index is 5.49. The third-order valence-electron chi connectivity index (χ3n) is 4.27. The van der Waals surface area contributed by atoms with Gasteiger partial charge in [0.2, 0.25) is 0 Å². The van der Waals surface area contributed by atoms with Crippen LogP contribution < -0.4 is 15.8 Å². The summed E-state index contributed by atoms with van der Waals surface area (Å²) in [7, 11) is 1.71. The van der Waals surface area contributed by atoms with Gasteiger partial charge in [-0.2, -0.15) is 0 Å². The fraction of sp³-hybridized carbons (Fsp3) is 0.700. The van der Waals surface area contributed by atoms with Gasteiger partial charge in [0, 0.05) is 6.54 Å². The Balaban J connectivity index is 1.84. The van der Waals surface area contributed by atoms with E-state index in [1.165, 1.54) is 69.8 Å². The first-order valence-electron chi connectivity index (χ1n) is 9.40. The molecule has 0 aromatic heterocycles. The van der Waals surface area contributed by atoms with E-state index in [4.69, 9.17) is 10.5 Å². The van der Waals surface area contributed by atoms with Crippen molar-refractivity contribution in [1.29, 1.82) is 0 Å². The molecule has 0 aliphatic rings. The molecule has 0 atom stereocenters. The van der Waals surface area contributed by atoms with Crippen molar-refractivity contribution in [3.05, 3.63) is 29.8 Å². The van der Waals surface area contributed by atoms with Crippen LogP contribution in [0.25, 0.3) is 0 Å². The van der Waals surface area contributed by atoms with Gasteiger partial charge in [-0.1, -0.05) is 63.5 Å². The smallest absolute Gasteiger partial charge is 0.119 e. The maximum atomic E-state index is 5.49. The second-order valence-electron chi connectivity index (χ2n) is 6.35. The molecule has 0 saturated carbocycles. The Morgan fingerprint density at radius 1 is 0.870 bits per heavy atom. The normalized spacial score (nSPS) is 10.9. The molecule has 1 rings (SSSR count). The quantitative estimate of drug-likeness (QED) is 0.463. The van der Waals surface area contributed by atoms with Crippen molar-refractivity contribution in [2.75, 3.05) is 20.2 Å². The Hall–Kier alpha value is -1.06. The topological polar surface area (TPSA) is 47.3 Å². The Kier molecular flexibility index (Phi) is 12.6. The van der Waals surface area contributed by atoms with E-state index in [-0.39, 0.29) is 0 Å². The number of benzene rings is 1. The Labute approximate surface area is 143 Å². The van der Waals surface area contributed by atoms with Gasteiger partial charge < -0.3 is 15.8 Å². The number of hydrogen-bond acceptors (Lipinski definition) is 3. The van der Waals surface area contributed by atoms with Crippen molar-refractivity contribution in [3.63, 3.8) is 0 Å². The minimum absolute atomic E-state index is 0.853. The van der Waals surface area contributed by atoms with Gasteiger partial charge in [-0.05, 0) is 43.6 Å². The molecule has 0 radical (unpaired) electrons. The molecular formula is C20H36N2O. The van der Waals surface area contributed by atoms with Crippen molar-refractivity contribution in [2.24, 2.45) is 5.73 Å². The van der Waals surface area contributed by atoms with E-state index in [1.54, 1.807) is 7.11 Å². The molecule has 0 amide bonds. The minimum atomic E-state index is 0.853. The number of unbranched alkanes of at least 4 members (excludes halogenated alkanes) is 9. The molecule has 0 aliphatic heterocycles. The SMILES string of the molecule is COc1cccc(CNCCCCCCCCCCCCN)c1. The van der Waals surface area contributed by atoms with Gasteiger partial charge in [-0.15, -0.1) is 0 Å².